The largest absolute Gasteiger partial charge is 0.391 e. The van der Waals surface area contributed by atoms with Crippen LogP contribution in [0, 0.1) is 0 Å². The summed E-state index contributed by atoms with van der Waals surface area (Å²) >= 11 is 8.66. The highest BCUT2D eigenvalue weighted by atomic mass is 79.9. The fourth-order valence-corrected chi connectivity index (χ4v) is 3.91. The average molecular weight is 336 g/mol. The van der Waals surface area contributed by atoms with Crippen molar-refractivity contribution >= 4 is 53.3 Å². The molecule has 0 aliphatic carbocycles. The van der Waals surface area contributed by atoms with E-state index >= 15 is 0 Å². The number of hydrogen-bond donors (Lipinski definition) is 1. The molecule has 1 aromatic heterocycles. The number of aliphatic hydroxyl groups excluding tert-OH is 1. The fourth-order valence-electron chi connectivity index (χ4n) is 1.34. The van der Waals surface area contributed by atoms with Gasteiger partial charge in [0.1, 0.15) is 0 Å². The minimum absolute atomic E-state index is 0.120. The molecule has 0 bridgehead atoms. The number of aliphatic hydroxyl groups is 1. The van der Waals surface area contributed by atoms with Gasteiger partial charge in [0.05, 0.1) is 6.61 Å². The van der Waals surface area contributed by atoms with Crippen LogP contribution in [-0.2, 0) is 11.9 Å². The van der Waals surface area contributed by atoms with E-state index in [1.54, 1.807) is 11.3 Å². The van der Waals surface area contributed by atoms with Gasteiger partial charge in [-0.2, -0.15) is 0 Å². The quantitative estimate of drug-likeness (QED) is 0.821. The lowest BCUT2D eigenvalue weighted by Crippen LogP contribution is -1.78. The summed E-state index contributed by atoms with van der Waals surface area (Å²) in [5.74, 6) is 0. The molecule has 0 aliphatic rings. The molecule has 1 nitrogen and oxygen atoms in total. The Morgan fingerprint density at radius 3 is 2.79 bits per heavy atom. The highest BCUT2D eigenvalue weighted by Crippen LogP contribution is 2.35. The van der Waals surface area contributed by atoms with E-state index in [1.165, 1.54) is 15.6 Å². The van der Waals surface area contributed by atoms with Crippen LogP contribution in [0.5, 0.6) is 0 Å². The molecule has 0 aliphatic heterocycles. The van der Waals surface area contributed by atoms with Crippen molar-refractivity contribution < 1.29 is 5.11 Å². The van der Waals surface area contributed by atoms with Gasteiger partial charge < -0.3 is 5.11 Å². The second kappa shape index (κ2) is 4.31. The van der Waals surface area contributed by atoms with Crippen molar-refractivity contribution in [3.63, 3.8) is 0 Å². The van der Waals surface area contributed by atoms with E-state index in [-0.39, 0.29) is 6.61 Å². The lowest BCUT2D eigenvalue weighted by atomic mass is 10.2. The molecule has 74 valence electrons. The van der Waals surface area contributed by atoms with E-state index in [9.17, 15) is 0 Å². The van der Waals surface area contributed by atoms with Crippen LogP contribution in [0.25, 0.3) is 10.1 Å². The minimum atomic E-state index is 0.120. The van der Waals surface area contributed by atoms with Crippen molar-refractivity contribution in [2.75, 3.05) is 0 Å². The summed E-state index contributed by atoms with van der Waals surface area (Å²) in [5, 5.41) is 11.1. The topological polar surface area (TPSA) is 20.2 Å². The Hall–Kier alpha value is 0.1000. The third kappa shape index (κ3) is 1.76. The Morgan fingerprint density at radius 1 is 1.36 bits per heavy atom. The zero-order valence-corrected chi connectivity index (χ0v) is 11.2. The second-order valence-electron chi connectivity index (χ2n) is 2.96. The van der Waals surface area contributed by atoms with Gasteiger partial charge in [-0.25, -0.2) is 0 Å². The number of alkyl halides is 1. The zero-order chi connectivity index (χ0) is 10.1. The number of rotatable bonds is 2. The van der Waals surface area contributed by atoms with Gasteiger partial charge in [0.15, 0.2) is 0 Å². The molecule has 0 atom stereocenters. The molecule has 1 N–H and O–H groups in total. The summed E-state index contributed by atoms with van der Waals surface area (Å²) in [4.78, 5) is 1.01. The van der Waals surface area contributed by atoms with E-state index in [0.29, 0.717) is 0 Å². The first kappa shape index (κ1) is 10.6. The van der Waals surface area contributed by atoms with Crippen LogP contribution in [0.4, 0.5) is 0 Å². The summed E-state index contributed by atoms with van der Waals surface area (Å²) in [5.41, 5.74) is 1.24. The van der Waals surface area contributed by atoms with Crippen LogP contribution in [0.3, 0.4) is 0 Å². The molecule has 2 rings (SSSR count). The molecule has 0 saturated heterocycles. The van der Waals surface area contributed by atoms with Crippen molar-refractivity contribution in [1.29, 1.82) is 0 Å². The van der Waals surface area contributed by atoms with Crippen molar-refractivity contribution in [1.82, 2.24) is 0 Å². The van der Waals surface area contributed by atoms with E-state index in [1.807, 2.05) is 6.07 Å². The number of benzene rings is 1. The predicted molar refractivity (Wildman–Crippen MR) is 68.1 cm³/mol. The molecule has 4 heteroatoms. The van der Waals surface area contributed by atoms with Crippen LogP contribution < -0.4 is 0 Å². The van der Waals surface area contributed by atoms with Crippen molar-refractivity contribution in [2.24, 2.45) is 0 Å². The van der Waals surface area contributed by atoms with E-state index in [2.05, 4.69) is 44.0 Å². The molecule has 0 spiro atoms. The Kier molecular flexibility index (Phi) is 3.27. The predicted octanol–water partition coefficient (Wildman–Crippen LogP) is 4.05. The molecule has 1 heterocycles. The summed E-state index contributed by atoms with van der Waals surface area (Å²) in [7, 11) is 0. The minimum Gasteiger partial charge on any atom is -0.391 e. The number of fused-ring (bicyclic) bond motifs is 1. The first-order valence-electron chi connectivity index (χ1n) is 4.13. The molecule has 0 unspecified atom stereocenters. The van der Waals surface area contributed by atoms with E-state index in [0.717, 1.165) is 14.7 Å². The summed E-state index contributed by atoms with van der Waals surface area (Å²) < 4.78 is 2.35. The Labute approximate surface area is 103 Å². The van der Waals surface area contributed by atoms with Crippen molar-refractivity contribution in [3.05, 3.63) is 33.1 Å². The van der Waals surface area contributed by atoms with Crippen LogP contribution in [0.2, 0.25) is 0 Å². The third-order valence-electron chi connectivity index (χ3n) is 2.06. The van der Waals surface area contributed by atoms with Gasteiger partial charge >= 0.3 is 0 Å². The Bertz CT molecular complexity index is 464. The highest BCUT2D eigenvalue weighted by molar-refractivity contribution is 9.11. The molecule has 14 heavy (non-hydrogen) atoms. The monoisotopic (exact) mass is 334 g/mol. The highest BCUT2D eigenvalue weighted by Gasteiger charge is 2.07. The van der Waals surface area contributed by atoms with Crippen LogP contribution in [0.1, 0.15) is 10.4 Å². The first-order valence-corrected chi connectivity index (χ1v) is 6.86. The van der Waals surface area contributed by atoms with E-state index < -0.39 is 0 Å². The maximum absolute atomic E-state index is 9.04. The summed E-state index contributed by atoms with van der Waals surface area (Å²) in [6.45, 7) is 0.120. The molecule has 0 amide bonds. The first-order chi connectivity index (χ1) is 6.76. The van der Waals surface area contributed by atoms with Gasteiger partial charge in [0, 0.05) is 19.4 Å². The van der Waals surface area contributed by atoms with Crippen LogP contribution >= 0.6 is 43.2 Å². The molecule has 0 radical (unpaired) electrons. The average Bonchev–Trinajstić information content (AvgIpc) is 2.62. The van der Waals surface area contributed by atoms with Gasteiger partial charge in [0.2, 0.25) is 0 Å². The van der Waals surface area contributed by atoms with Crippen LogP contribution in [0.15, 0.2) is 22.7 Å². The van der Waals surface area contributed by atoms with Gasteiger partial charge in [-0.15, -0.1) is 11.3 Å². The van der Waals surface area contributed by atoms with E-state index in [4.69, 9.17) is 5.11 Å². The molecule has 2 aromatic rings. The number of thiophene rings is 1. The van der Waals surface area contributed by atoms with Gasteiger partial charge in [0.25, 0.3) is 0 Å². The van der Waals surface area contributed by atoms with Crippen molar-refractivity contribution in [3.8, 4) is 0 Å². The molecule has 0 fully saturated rings. The lowest BCUT2D eigenvalue weighted by molar-refractivity contribution is 0.285. The molecular formula is C10H8Br2OS. The Balaban J connectivity index is 2.68. The fraction of sp³-hybridized carbons (Fsp3) is 0.200. The SMILES string of the molecule is OCc1cc2ccc(CBr)c(Br)c2s1. The lowest BCUT2D eigenvalue weighted by Gasteiger charge is -2.00. The summed E-state index contributed by atoms with van der Waals surface area (Å²) in [6.07, 6.45) is 0. The summed E-state index contributed by atoms with van der Waals surface area (Å²) in [6, 6.07) is 6.21. The Morgan fingerprint density at radius 2 is 2.14 bits per heavy atom. The van der Waals surface area contributed by atoms with Crippen LogP contribution in [-0.4, -0.2) is 5.11 Å². The third-order valence-corrected chi connectivity index (χ3v) is 4.98. The molecule has 0 saturated carbocycles. The molecular weight excluding hydrogens is 328 g/mol. The molecule has 1 aromatic carbocycles. The maximum atomic E-state index is 9.04. The van der Waals surface area contributed by atoms with Gasteiger partial charge in [-0.05, 0) is 32.9 Å². The smallest absolute Gasteiger partial charge is 0.0774 e. The van der Waals surface area contributed by atoms with Crippen molar-refractivity contribution in [2.45, 2.75) is 11.9 Å². The number of halogens is 2. The zero-order valence-electron chi connectivity index (χ0n) is 7.26. The number of hydrogen-bond acceptors (Lipinski definition) is 2. The van der Waals surface area contributed by atoms with Gasteiger partial charge in [-0.3, -0.25) is 0 Å². The van der Waals surface area contributed by atoms with Gasteiger partial charge in [-0.1, -0.05) is 28.1 Å². The normalized spacial score (nSPS) is 11.1. The maximum Gasteiger partial charge on any atom is 0.0774 e. The standard InChI is InChI=1S/C10H8Br2OS/c11-4-7-2-1-6-3-8(5-13)14-10(6)9(7)12/h1-3,13H,4-5H2. The second-order valence-corrected chi connectivity index (χ2v) is 5.45.